The molecular weight excluding hydrogens is 134 g/mol. The molecule has 0 bridgehead atoms. The third-order valence-corrected chi connectivity index (χ3v) is 1.04. The highest BCUT2D eigenvalue weighted by Gasteiger charge is 2.06. The van der Waals surface area contributed by atoms with Crippen LogP contribution >= 0.6 is 0 Å². The van der Waals surface area contributed by atoms with Crippen LogP contribution in [0.1, 0.15) is 13.8 Å². The molecule has 0 heterocycles. The molecule has 0 atom stereocenters. The first-order valence-corrected chi connectivity index (χ1v) is 2.84. The zero-order valence-corrected chi connectivity index (χ0v) is 6.17. The van der Waals surface area contributed by atoms with Crippen LogP contribution in [-0.2, 0) is 0 Å². The van der Waals surface area contributed by atoms with E-state index in [0.717, 1.165) is 0 Å². The number of rotatable bonds is 2. The van der Waals surface area contributed by atoms with Gasteiger partial charge in [0.1, 0.15) is 11.7 Å². The van der Waals surface area contributed by atoms with Gasteiger partial charge in [-0.25, -0.2) is 8.78 Å². The van der Waals surface area contributed by atoms with E-state index >= 15 is 0 Å². The molecule has 0 fully saturated rings. The van der Waals surface area contributed by atoms with Crippen LogP contribution < -0.4 is 0 Å². The highest BCUT2D eigenvalue weighted by molar-refractivity contribution is 5.40. The molecule has 0 amide bonds. The van der Waals surface area contributed by atoms with Crippen LogP contribution in [0.3, 0.4) is 0 Å². The van der Waals surface area contributed by atoms with E-state index in [1.807, 2.05) is 0 Å². The lowest BCUT2D eigenvalue weighted by molar-refractivity contribution is 0.600. The van der Waals surface area contributed by atoms with E-state index in [9.17, 15) is 8.78 Å². The lowest BCUT2D eigenvalue weighted by atomic mass is 10.1. The average molecular weight is 144 g/mol. The largest absolute Gasteiger partial charge is 0.211 e. The van der Waals surface area contributed by atoms with E-state index in [4.69, 9.17) is 0 Å². The van der Waals surface area contributed by atoms with Gasteiger partial charge in [-0.2, -0.15) is 0 Å². The molecule has 0 aliphatic rings. The summed E-state index contributed by atoms with van der Waals surface area (Å²) in [6.45, 7) is 9.08. The molecule has 10 heavy (non-hydrogen) atoms. The van der Waals surface area contributed by atoms with Gasteiger partial charge in [0.05, 0.1) is 0 Å². The fourth-order valence-electron chi connectivity index (χ4n) is 0.712. The highest BCUT2D eigenvalue weighted by atomic mass is 19.1. The standard InChI is InChI=1S/C8H10F2/c1-5(2)8(6(3)9)7(4)10/h1,3H2,2,4H3/b8-7+. The first-order valence-electron chi connectivity index (χ1n) is 2.84. The summed E-state index contributed by atoms with van der Waals surface area (Å²) < 4.78 is 24.7. The van der Waals surface area contributed by atoms with Crippen LogP contribution in [0, 0.1) is 0 Å². The summed E-state index contributed by atoms with van der Waals surface area (Å²) >= 11 is 0. The molecule has 0 saturated heterocycles. The number of halogens is 2. The van der Waals surface area contributed by atoms with Gasteiger partial charge in [0.2, 0.25) is 0 Å². The summed E-state index contributed by atoms with van der Waals surface area (Å²) in [6.07, 6.45) is 0. The molecule has 0 aliphatic carbocycles. The molecule has 0 aliphatic heterocycles. The molecule has 0 unspecified atom stereocenters. The van der Waals surface area contributed by atoms with E-state index in [0.29, 0.717) is 5.57 Å². The second-order valence-electron chi connectivity index (χ2n) is 2.09. The van der Waals surface area contributed by atoms with Crippen LogP contribution in [0.5, 0.6) is 0 Å². The summed E-state index contributed by atoms with van der Waals surface area (Å²) in [5.74, 6) is -1.35. The molecule has 0 radical (unpaired) electrons. The Hall–Kier alpha value is -0.920. The van der Waals surface area contributed by atoms with E-state index in [1.54, 1.807) is 0 Å². The van der Waals surface area contributed by atoms with Gasteiger partial charge < -0.3 is 0 Å². The maximum Gasteiger partial charge on any atom is 0.126 e. The van der Waals surface area contributed by atoms with Gasteiger partial charge >= 0.3 is 0 Å². The molecule has 56 valence electrons. The Morgan fingerprint density at radius 2 is 1.50 bits per heavy atom. The van der Waals surface area contributed by atoms with Gasteiger partial charge in [-0.05, 0) is 19.4 Å². The summed E-state index contributed by atoms with van der Waals surface area (Å²) in [5.41, 5.74) is 0.243. The van der Waals surface area contributed by atoms with Gasteiger partial charge in [-0.1, -0.05) is 13.2 Å². The van der Waals surface area contributed by atoms with Crippen LogP contribution in [0.15, 0.2) is 36.0 Å². The van der Waals surface area contributed by atoms with Crippen LogP contribution in [0.4, 0.5) is 8.78 Å². The molecule has 0 rings (SSSR count). The molecule has 0 aromatic heterocycles. The zero-order chi connectivity index (χ0) is 8.31. The van der Waals surface area contributed by atoms with Crippen molar-refractivity contribution in [1.29, 1.82) is 0 Å². The number of hydrogen-bond acceptors (Lipinski definition) is 0. The van der Waals surface area contributed by atoms with Crippen molar-refractivity contribution in [2.75, 3.05) is 0 Å². The fraction of sp³-hybridized carbons (Fsp3) is 0.250. The normalized spacial score (nSPS) is 12.4. The first kappa shape index (κ1) is 9.08. The molecule has 2 heteroatoms. The molecule has 0 nitrogen and oxygen atoms in total. The smallest absolute Gasteiger partial charge is 0.126 e. The van der Waals surface area contributed by atoms with E-state index in [1.165, 1.54) is 13.8 Å². The second kappa shape index (κ2) is 3.30. The Balaban J connectivity index is 4.79. The van der Waals surface area contributed by atoms with Crippen molar-refractivity contribution in [1.82, 2.24) is 0 Å². The van der Waals surface area contributed by atoms with Crippen molar-refractivity contribution >= 4 is 0 Å². The van der Waals surface area contributed by atoms with Crippen molar-refractivity contribution < 1.29 is 8.78 Å². The second-order valence-corrected chi connectivity index (χ2v) is 2.09. The quantitative estimate of drug-likeness (QED) is 0.521. The summed E-state index contributed by atoms with van der Waals surface area (Å²) in [4.78, 5) is 0. The maximum atomic E-state index is 12.4. The summed E-state index contributed by atoms with van der Waals surface area (Å²) in [7, 11) is 0. The van der Waals surface area contributed by atoms with Gasteiger partial charge in [-0.3, -0.25) is 0 Å². The Morgan fingerprint density at radius 1 is 1.10 bits per heavy atom. The lowest BCUT2D eigenvalue weighted by Crippen LogP contribution is -1.86. The Bertz CT molecular complexity index is 179. The van der Waals surface area contributed by atoms with Crippen LogP contribution in [0.25, 0.3) is 0 Å². The predicted octanol–water partition coefficient (Wildman–Crippen LogP) is 3.29. The van der Waals surface area contributed by atoms with Gasteiger partial charge in [-0.15, -0.1) is 0 Å². The monoisotopic (exact) mass is 144 g/mol. The SMILES string of the molecule is C=C(C)/C(C(=C)F)=C(/C)F. The van der Waals surface area contributed by atoms with Crippen LogP contribution in [-0.4, -0.2) is 0 Å². The van der Waals surface area contributed by atoms with Crippen molar-refractivity contribution in [2.45, 2.75) is 13.8 Å². The Morgan fingerprint density at radius 3 is 1.50 bits per heavy atom. The van der Waals surface area contributed by atoms with E-state index in [-0.39, 0.29) is 5.57 Å². The van der Waals surface area contributed by atoms with Gasteiger partial charge in [0.15, 0.2) is 0 Å². The van der Waals surface area contributed by atoms with Gasteiger partial charge in [0, 0.05) is 5.57 Å². The van der Waals surface area contributed by atoms with E-state index < -0.39 is 11.7 Å². The van der Waals surface area contributed by atoms with Gasteiger partial charge in [0.25, 0.3) is 0 Å². The van der Waals surface area contributed by atoms with Crippen molar-refractivity contribution in [3.8, 4) is 0 Å². The Kier molecular flexibility index (Phi) is 3.00. The lowest BCUT2D eigenvalue weighted by Gasteiger charge is -2.01. The predicted molar refractivity (Wildman–Crippen MR) is 38.9 cm³/mol. The number of allylic oxidation sites excluding steroid dienone is 4. The van der Waals surface area contributed by atoms with Crippen molar-refractivity contribution in [3.63, 3.8) is 0 Å². The molecule has 0 spiro atoms. The first-order chi connectivity index (χ1) is 4.46. The minimum absolute atomic E-state index is 0.111. The third kappa shape index (κ3) is 2.13. The molecule has 0 N–H and O–H groups in total. The van der Waals surface area contributed by atoms with Crippen molar-refractivity contribution in [3.05, 3.63) is 36.0 Å². The minimum Gasteiger partial charge on any atom is -0.211 e. The highest BCUT2D eigenvalue weighted by Crippen LogP contribution is 2.21. The molecule has 0 aromatic carbocycles. The maximum absolute atomic E-state index is 12.4. The molecule has 0 saturated carbocycles. The summed E-state index contributed by atoms with van der Waals surface area (Å²) in [6, 6.07) is 0. The molecular formula is C8H10F2. The van der Waals surface area contributed by atoms with Crippen LogP contribution in [0.2, 0.25) is 0 Å². The van der Waals surface area contributed by atoms with E-state index in [2.05, 4.69) is 13.2 Å². The summed E-state index contributed by atoms with van der Waals surface area (Å²) in [5, 5.41) is 0. The van der Waals surface area contributed by atoms with Crippen molar-refractivity contribution in [2.24, 2.45) is 0 Å². The Labute approximate surface area is 59.6 Å². The minimum atomic E-state index is -0.771. The molecule has 0 aromatic rings. The fourth-order valence-corrected chi connectivity index (χ4v) is 0.712. The zero-order valence-electron chi connectivity index (χ0n) is 6.17. The average Bonchev–Trinajstić information content (AvgIpc) is 1.59. The topological polar surface area (TPSA) is 0 Å². The number of hydrogen-bond donors (Lipinski definition) is 0. The third-order valence-electron chi connectivity index (χ3n) is 1.04.